The summed E-state index contributed by atoms with van der Waals surface area (Å²) in [4.78, 5) is 0. The zero-order chi connectivity index (χ0) is 11.5. The predicted molar refractivity (Wildman–Crippen MR) is 61.3 cm³/mol. The van der Waals surface area contributed by atoms with Gasteiger partial charge in [0.05, 0.1) is 12.6 Å². The fraction of sp³-hybridized carbons (Fsp3) is 0.385. The van der Waals surface area contributed by atoms with Gasteiger partial charge in [0.25, 0.3) is 0 Å². The SMILES string of the molecule is Cc1cc(F)cc(C(N)C2=CCCCO2)c1. The van der Waals surface area contributed by atoms with E-state index < -0.39 is 0 Å². The molecule has 1 atom stereocenters. The Morgan fingerprint density at radius 1 is 1.38 bits per heavy atom. The van der Waals surface area contributed by atoms with E-state index in [0.29, 0.717) is 6.61 Å². The van der Waals surface area contributed by atoms with Crippen molar-refractivity contribution in [2.75, 3.05) is 6.61 Å². The number of rotatable bonds is 2. The maximum Gasteiger partial charge on any atom is 0.123 e. The fourth-order valence-corrected chi connectivity index (χ4v) is 1.90. The van der Waals surface area contributed by atoms with E-state index >= 15 is 0 Å². The molecule has 3 heteroatoms. The molecule has 2 N–H and O–H groups in total. The van der Waals surface area contributed by atoms with Crippen molar-refractivity contribution >= 4 is 0 Å². The molecule has 86 valence electrons. The van der Waals surface area contributed by atoms with Gasteiger partial charge in [0.1, 0.15) is 11.6 Å². The van der Waals surface area contributed by atoms with Crippen molar-refractivity contribution in [2.45, 2.75) is 25.8 Å². The Bertz CT molecular complexity index is 394. The number of hydrogen-bond donors (Lipinski definition) is 1. The lowest BCUT2D eigenvalue weighted by molar-refractivity contribution is 0.176. The van der Waals surface area contributed by atoms with Gasteiger partial charge in [-0.05, 0) is 49.1 Å². The lowest BCUT2D eigenvalue weighted by atomic mass is 10.0. The van der Waals surface area contributed by atoms with Crippen molar-refractivity contribution in [3.8, 4) is 0 Å². The van der Waals surface area contributed by atoms with Crippen LogP contribution >= 0.6 is 0 Å². The second-order valence-electron chi connectivity index (χ2n) is 4.14. The van der Waals surface area contributed by atoms with Crippen molar-refractivity contribution in [1.82, 2.24) is 0 Å². The Hall–Kier alpha value is -1.35. The molecule has 16 heavy (non-hydrogen) atoms. The first-order valence-corrected chi connectivity index (χ1v) is 5.52. The Balaban J connectivity index is 2.25. The third-order valence-electron chi connectivity index (χ3n) is 2.69. The molecule has 2 rings (SSSR count). The number of nitrogens with two attached hydrogens (primary N) is 1. The van der Waals surface area contributed by atoms with Crippen LogP contribution in [0.4, 0.5) is 4.39 Å². The van der Waals surface area contributed by atoms with E-state index in [1.54, 1.807) is 0 Å². The summed E-state index contributed by atoms with van der Waals surface area (Å²) in [6, 6.07) is 4.50. The minimum absolute atomic E-state index is 0.248. The Morgan fingerprint density at radius 3 is 2.81 bits per heavy atom. The summed E-state index contributed by atoms with van der Waals surface area (Å²) in [5, 5.41) is 0. The minimum Gasteiger partial charge on any atom is -0.496 e. The maximum atomic E-state index is 13.2. The van der Waals surface area contributed by atoms with Gasteiger partial charge in [-0.15, -0.1) is 0 Å². The lowest BCUT2D eigenvalue weighted by Crippen LogP contribution is -2.18. The molecule has 1 aliphatic rings. The van der Waals surface area contributed by atoms with Gasteiger partial charge in [-0.1, -0.05) is 6.07 Å². The normalized spacial score (nSPS) is 17.6. The molecule has 0 saturated carbocycles. The van der Waals surface area contributed by atoms with Crippen LogP contribution < -0.4 is 5.73 Å². The van der Waals surface area contributed by atoms with Gasteiger partial charge in [-0.3, -0.25) is 0 Å². The number of aryl methyl sites for hydroxylation is 1. The first-order chi connectivity index (χ1) is 7.66. The van der Waals surface area contributed by atoms with E-state index in [9.17, 15) is 4.39 Å². The van der Waals surface area contributed by atoms with Gasteiger partial charge in [-0.25, -0.2) is 4.39 Å². The van der Waals surface area contributed by atoms with Gasteiger partial charge in [0.15, 0.2) is 0 Å². The van der Waals surface area contributed by atoms with Crippen LogP contribution in [-0.4, -0.2) is 6.61 Å². The van der Waals surface area contributed by atoms with Crippen LogP contribution in [-0.2, 0) is 4.74 Å². The molecule has 0 bridgehead atoms. The van der Waals surface area contributed by atoms with E-state index in [1.807, 2.05) is 19.1 Å². The quantitative estimate of drug-likeness (QED) is 0.833. The first kappa shape index (κ1) is 11.1. The van der Waals surface area contributed by atoms with Crippen LogP contribution in [0.15, 0.2) is 30.0 Å². The summed E-state index contributed by atoms with van der Waals surface area (Å²) in [7, 11) is 0. The molecule has 1 aromatic carbocycles. The monoisotopic (exact) mass is 221 g/mol. The third kappa shape index (κ3) is 2.42. The summed E-state index contributed by atoms with van der Waals surface area (Å²) >= 11 is 0. The Labute approximate surface area is 94.9 Å². The summed E-state index contributed by atoms with van der Waals surface area (Å²) in [5.41, 5.74) is 7.69. The van der Waals surface area contributed by atoms with Crippen LogP contribution in [0.2, 0.25) is 0 Å². The van der Waals surface area contributed by atoms with Crippen molar-refractivity contribution < 1.29 is 9.13 Å². The van der Waals surface area contributed by atoms with Gasteiger partial charge >= 0.3 is 0 Å². The number of halogens is 1. The van der Waals surface area contributed by atoms with Gasteiger partial charge in [0.2, 0.25) is 0 Å². The molecule has 1 unspecified atom stereocenters. The molecule has 0 spiro atoms. The van der Waals surface area contributed by atoms with Crippen LogP contribution in [0, 0.1) is 12.7 Å². The molecule has 2 nitrogen and oxygen atoms in total. The largest absolute Gasteiger partial charge is 0.496 e. The minimum atomic E-state index is -0.352. The van der Waals surface area contributed by atoms with E-state index in [1.165, 1.54) is 12.1 Å². The standard InChI is InChI=1S/C13H16FNO/c1-9-6-10(8-11(14)7-9)13(15)12-4-2-3-5-16-12/h4,6-8,13H,2-3,5,15H2,1H3. The van der Waals surface area contributed by atoms with Crippen molar-refractivity contribution in [1.29, 1.82) is 0 Å². The molecular formula is C13H16FNO. The summed E-state index contributed by atoms with van der Waals surface area (Å²) in [5.74, 6) is 0.512. The van der Waals surface area contributed by atoms with Crippen molar-refractivity contribution in [2.24, 2.45) is 5.73 Å². The number of benzene rings is 1. The van der Waals surface area contributed by atoms with E-state index in [-0.39, 0.29) is 11.9 Å². The Kier molecular flexibility index (Phi) is 3.25. The zero-order valence-electron chi connectivity index (χ0n) is 9.37. The van der Waals surface area contributed by atoms with E-state index in [0.717, 1.165) is 29.7 Å². The second kappa shape index (κ2) is 4.66. The van der Waals surface area contributed by atoms with Crippen LogP contribution in [0.3, 0.4) is 0 Å². The molecule has 0 saturated heterocycles. The van der Waals surface area contributed by atoms with Gasteiger partial charge in [0, 0.05) is 0 Å². The molecule has 1 aromatic rings. The topological polar surface area (TPSA) is 35.2 Å². The third-order valence-corrected chi connectivity index (χ3v) is 2.69. The molecular weight excluding hydrogens is 205 g/mol. The zero-order valence-corrected chi connectivity index (χ0v) is 9.37. The highest BCUT2D eigenvalue weighted by molar-refractivity contribution is 5.30. The lowest BCUT2D eigenvalue weighted by Gasteiger charge is -2.21. The summed E-state index contributed by atoms with van der Waals surface area (Å²) in [6.45, 7) is 2.56. The fourth-order valence-electron chi connectivity index (χ4n) is 1.90. The molecule has 0 fully saturated rings. The maximum absolute atomic E-state index is 13.2. The average molecular weight is 221 g/mol. The number of hydrogen-bond acceptors (Lipinski definition) is 2. The van der Waals surface area contributed by atoms with Crippen LogP contribution in [0.25, 0.3) is 0 Å². The highest BCUT2D eigenvalue weighted by Gasteiger charge is 2.16. The average Bonchev–Trinajstić information content (AvgIpc) is 2.28. The van der Waals surface area contributed by atoms with Crippen LogP contribution in [0.5, 0.6) is 0 Å². The van der Waals surface area contributed by atoms with E-state index in [4.69, 9.17) is 10.5 Å². The highest BCUT2D eigenvalue weighted by Crippen LogP contribution is 2.25. The molecule has 1 aliphatic heterocycles. The molecule has 0 radical (unpaired) electrons. The molecule has 0 aliphatic carbocycles. The highest BCUT2D eigenvalue weighted by atomic mass is 19.1. The number of allylic oxidation sites excluding steroid dienone is 1. The molecule has 0 amide bonds. The predicted octanol–water partition coefficient (Wildman–Crippen LogP) is 2.83. The molecule has 0 aromatic heterocycles. The van der Waals surface area contributed by atoms with E-state index in [2.05, 4.69) is 0 Å². The van der Waals surface area contributed by atoms with Crippen molar-refractivity contribution in [3.63, 3.8) is 0 Å². The van der Waals surface area contributed by atoms with Gasteiger partial charge < -0.3 is 10.5 Å². The number of ether oxygens (including phenoxy) is 1. The Morgan fingerprint density at radius 2 is 2.19 bits per heavy atom. The van der Waals surface area contributed by atoms with Gasteiger partial charge in [-0.2, -0.15) is 0 Å². The first-order valence-electron chi connectivity index (χ1n) is 5.52. The smallest absolute Gasteiger partial charge is 0.123 e. The van der Waals surface area contributed by atoms with Crippen molar-refractivity contribution in [3.05, 3.63) is 47.0 Å². The molecule has 1 heterocycles. The second-order valence-corrected chi connectivity index (χ2v) is 4.14. The van der Waals surface area contributed by atoms with Crippen LogP contribution in [0.1, 0.15) is 30.0 Å². The summed E-state index contributed by atoms with van der Waals surface area (Å²) in [6.07, 6.45) is 4.00. The summed E-state index contributed by atoms with van der Waals surface area (Å²) < 4.78 is 18.7.